The first-order chi connectivity index (χ1) is 16.0. The molecule has 0 bridgehead atoms. The molecule has 1 fully saturated rings. The first kappa shape index (κ1) is 21.6. The number of hydrogen-bond donors (Lipinski definition) is 1. The fraction of sp³-hybridized carbons (Fsp3) is 0.269. The van der Waals surface area contributed by atoms with Crippen LogP contribution in [0.15, 0.2) is 65.4 Å². The molecule has 0 radical (unpaired) electrons. The summed E-state index contributed by atoms with van der Waals surface area (Å²) in [6.45, 7) is 5.56. The number of nitrogens with one attached hydrogen (secondary N) is 1. The smallest absolute Gasteiger partial charge is 0.259 e. The maximum absolute atomic E-state index is 13.6. The van der Waals surface area contributed by atoms with Crippen LogP contribution < -0.4 is 5.32 Å². The number of halogens is 1. The number of aryl methyl sites for hydroxylation is 2. The van der Waals surface area contributed by atoms with Crippen molar-refractivity contribution in [3.05, 3.63) is 87.7 Å². The van der Waals surface area contributed by atoms with Crippen molar-refractivity contribution in [2.45, 2.75) is 32.6 Å². The highest BCUT2D eigenvalue weighted by Gasteiger charge is 2.28. The lowest BCUT2D eigenvalue weighted by Crippen LogP contribution is -2.38. The summed E-state index contributed by atoms with van der Waals surface area (Å²) >= 11 is 3.51. The van der Waals surface area contributed by atoms with Crippen molar-refractivity contribution in [3.8, 4) is 0 Å². The minimum atomic E-state index is -0.0182. The van der Waals surface area contributed by atoms with E-state index in [1.165, 1.54) is 5.56 Å². The monoisotopic (exact) mass is 503 g/mol. The predicted molar refractivity (Wildman–Crippen MR) is 134 cm³/mol. The third-order valence-corrected chi connectivity index (χ3v) is 6.97. The van der Waals surface area contributed by atoms with Crippen LogP contribution in [0.4, 0.5) is 11.5 Å². The number of carbonyl (C=O) groups excluding carboxylic acids is 1. The van der Waals surface area contributed by atoms with Crippen molar-refractivity contribution >= 4 is 39.0 Å². The van der Waals surface area contributed by atoms with E-state index in [1.807, 2.05) is 11.0 Å². The van der Waals surface area contributed by atoms with Crippen molar-refractivity contribution in [2.75, 3.05) is 18.4 Å². The summed E-state index contributed by atoms with van der Waals surface area (Å²) in [6, 6.07) is 16.8. The molecule has 1 aliphatic heterocycles. The van der Waals surface area contributed by atoms with Gasteiger partial charge in [0.15, 0.2) is 5.65 Å². The van der Waals surface area contributed by atoms with Gasteiger partial charge in [0, 0.05) is 25.0 Å². The molecule has 2 aromatic carbocycles. The zero-order valence-corrected chi connectivity index (χ0v) is 20.3. The van der Waals surface area contributed by atoms with Gasteiger partial charge >= 0.3 is 0 Å². The van der Waals surface area contributed by atoms with Crippen LogP contribution in [0, 0.1) is 13.8 Å². The number of anilines is 2. The number of carbonyl (C=O) groups is 1. The molecule has 1 saturated heterocycles. The topological polar surface area (TPSA) is 62.5 Å². The van der Waals surface area contributed by atoms with E-state index in [0.29, 0.717) is 22.9 Å². The van der Waals surface area contributed by atoms with Gasteiger partial charge in [0.25, 0.3) is 5.91 Å². The zero-order valence-electron chi connectivity index (χ0n) is 18.8. The van der Waals surface area contributed by atoms with Crippen LogP contribution in [0.25, 0.3) is 5.65 Å². The van der Waals surface area contributed by atoms with Crippen molar-refractivity contribution < 1.29 is 4.79 Å². The maximum Gasteiger partial charge on any atom is 0.259 e. The third-order valence-electron chi connectivity index (χ3n) is 6.41. The molecule has 0 atom stereocenters. The number of likely N-dealkylation sites (tertiary alicyclic amines) is 1. The molecule has 0 aliphatic carbocycles. The molecule has 1 amide bonds. The van der Waals surface area contributed by atoms with E-state index >= 15 is 0 Å². The van der Waals surface area contributed by atoms with Gasteiger partial charge in [-0.25, -0.2) is 4.98 Å². The van der Waals surface area contributed by atoms with E-state index < -0.39 is 0 Å². The maximum atomic E-state index is 13.6. The van der Waals surface area contributed by atoms with Gasteiger partial charge < -0.3 is 10.2 Å². The van der Waals surface area contributed by atoms with Gasteiger partial charge in [-0.05, 0) is 71.3 Å². The molecule has 2 aromatic heterocycles. The van der Waals surface area contributed by atoms with E-state index in [4.69, 9.17) is 0 Å². The Morgan fingerprint density at radius 1 is 1.06 bits per heavy atom. The number of amides is 1. The summed E-state index contributed by atoms with van der Waals surface area (Å²) in [4.78, 5) is 20.1. The lowest BCUT2D eigenvalue weighted by molar-refractivity contribution is 0.0713. The van der Waals surface area contributed by atoms with Crippen molar-refractivity contribution in [1.82, 2.24) is 19.5 Å². The minimum Gasteiger partial charge on any atom is -0.339 e. The molecule has 6 nitrogen and oxygen atoms in total. The molecule has 1 N–H and O–H groups in total. The number of hydrogen-bond acceptors (Lipinski definition) is 4. The van der Waals surface area contributed by atoms with Gasteiger partial charge in [-0.2, -0.15) is 9.61 Å². The van der Waals surface area contributed by atoms with Crippen molar-refractivity contribution in [2.24, 2.45) is 0 Å². The lowest BCUT2D eigenvalue weighted by atomic mass is 9.89. The fourth-order valence-corrected chi connectivity index (χ4v) is 4.85. The number of aromatic nitrogens is 3. The predicted octanol–water partition coefficient (Wildman–Crippen LogP) is 5.87. The molecular weight excluding hydrogens is 478 g/mol. The number of nitrogens with zero attached hydrogens (tertiary/aromatic N) is 4. The average molecular weight is 504 g/mol. The van der Waals surface area contributed by atoms with Crippen LogP contribution in [0.3, 0.4) is 0 Å². The molecule has 7 heteroatoms. The quantitative estimate of drug-likeness (QED) is 0.378. The van der Waals surface area contributed by atoms with Gasteiger partial charge in [-0.1, -0.05) is 42.5 Å². The second kappa shape index (κ2) is 8.98. The first-order valence-electron chi connectivity index (χ1n) is 11.2. The summed E-state index contributed by atoms with van der Waals surface area (Å²) < 4.78 is 2.49. The van der Waals surface area contributed by atoms with E-state index in [0.717, 1.165) is 47.2 Å². The van der Waals surface area contributed by atoms with Crippen LogP contribution in [0.2, 0.25) is 0 Å². The Morgan fingerprint density at radius 3 is 2.58 bits per heavy atom. The van der Waals surface area contributed by atoms with E-state index in [1.54, 1.807) is 16.9 Å². The molecule has 5 rings (SSSR count). The standard InChI is InChI=1S/C26H26BrN5O/c1-17-8-9-18(2)23(14-17)30-24-21(15-28-25-22(27)16-29-32(24)25)26(33)31-12-10-20(11-13-31)19-6-4-3-5-7-19/h3-9,14-16,20,30H,10-13H2,1-2H3. The summed E-state index contributed by atoms with van der Waals surface area (Å²) in [5.74, 6) is 1.11. The third kappa shape index (κ3) is 4.25. The number of rotatable bonds is 4. The second-order valence-corrected chi connectivity index (χ2v) is 9.52. The molecule has 1 aliphatic rings. The molecule has 0 saturated carbocycles. The summed E-state index contributed by atoms with van der Waals surface area (Å²) in [5.41, 5.74) is 5.74. The average Bonchev–Trinajstić information content (AvgIpc) is 3.23. The molecule has 168 valence electrons. The summed E-state index contributed by atoms with van der Waals surface area (Å²) in [5, 5.41) is 7.97. The molecule has 33 heavy (non-hydrogen) atoms. The van der Waals surface area contributed by atoms with E-state index in [9.17, 15) is 4.79 Å². The van der Waals surface area contributed by atoms with Crippen LogP contribution in [0.1, 0.15) is 45.8 Å². The first-order valence-corrected chi connectivity index (χ1v) is 12.0. The number of fused-ring (bicyclic) bond motifs is 1. The molecule has 0 unspecified atom stereocenters. The Kier molecular flexibility index (Phi) is 5.89. The Balaban J connectivity index is 1.46. The van der Waals surface area contributed by atoms with Crippen LogP contribution >= 0.6 is 15.9 Å². The van der Waals surface area contributed by atoms with Crippen LogP contribution in [0.5, 0.6) is 0 Å². The normalized spacial score (nSPS) is 14.6. The second-order valence-electron chi connectivity index (χ2n) is 8.67. The molecule has 0 spiro atoms. The molecule has 3 heterocycles. The SMILES string of the molecule is Cc1ccc(C)c(Nc2c(C(=O)N3CCC(c4ccccc4)CC3)cnc3c(Br)cnn23)c1. The Morgan fingerprint density at radius 2 is 1.82 bits per heavy atom. The van der Waals surface area contributed by atoms with Crippen LogP contribution in [-0.2, 0) is 0 Å². The summed E-state index contributed by atoms with van der Waals surface area (Å²) in [7, 11) is 0. The largest absolute Gasteiger partial charge is 0.339 e. The lowest BCUT2D eigenvalue weighted by Gasteiger charge is -2.32. The highest BCUT2D eigenvalue weighted by atomic mass is 79.9. The van der Waals surface area contributed by atoms with E-state index in [2.05, 4.69) is 87.6 Å². The molecular formula is C26H26BrN5O. The van der Waals surface area contributed by atoms with Crippen LogP contribution in [-0.4, -0.2) is 38.5 Å². The Bertz CT molecular complexity index is 1310. The molecule has 4 aromatic rings. The Labute approximate surface area is 201 Å². The number of piperidine rings is 1. The van der Waals surface area contributed by atoms with Gasteiger partial charge in [-0.15, -0.1) is 0 Å². The van der Waals surface area contributed by atoms with Gasteiger partial charge in [0.1, 0.15) is 11.4 Å². The van der Waals surface area contributed by atoms with E-state index in [-0.39, 0.29) is 5.91 Å². The summed E-state index contributed by atoms with van der Waals surface area (Å²) in [6.07, 6.45) is 5.29. The fourth-order valence-electron chi connectivity index (χ4n) is 4.49. The van der Waals surface area contributed by atoms with Crippen molar-refractivity contribution in [3.63, 3.8) is 0 Å². The zero-order chi connectivity index (χ0) is 22.9. The van der Waals surface area contributed by atoms with Gasteiger partial charge in [-0.3, -0.25) is 4.79 Å². The van der Waals surface area contributed by atoms with Gasteiger partial charge in [0.05, 0.1) is 10.7 Å². The highest BCUT2D eigenvalue weighted by molar-refractivity contribution is 9.10. The minimum absolute atomic E-state index is 0.0182. The highest BCUT2D eigenvalue weighted by Crippen LogP contribution is 2.31. The van der Waals surface area contributed by atoms with Gasteiger partial charge in [0.2, 0.25) is 0 Å². The Hall–Kier alpha value is -3.19. The number of benzene rings is 2. The van der Waals surface area contributed by atoms with Crippen molar-refractivity contribution in [1.29, 1.82) is 0 Å².